The maximum Gasteiger partial charge on any atom is 0.416 e. The van der Waals surface area contributed by atoms with Crippen molar-refractivity contribution in [3.8, 4) is 11.5 Å². The molecule has 0 unspecified atom stereocenters. The summed E-state index contributed by atoms with van der Waals surface area (Å²) in [5.41, 5.74) is -0.655. The summed E-state index contributed by atoms with van der Waals surface area (Å²) in [6.07, 6.45) is -5.36. The molecule has 0 bridgehead atoms. The van der Waals surface area contributed by atoms with E-state index in [1.165, 1.54) is 25.3 Å². The summed E-state index contributed by atoms with van der Waals surface area (Å²) in [4.78, 5) is 0. The van der Waals surface area contributed by atoms with Gasteiger partial charge in [-0.25, -0.2) is 0 Å². The second kappa shape index (κ2) is 10.0. The first kappa shape index (κ1) is 24.2. The minimum Gasteiger partial charge on any atom is -0.487 e. The lowest BCUT2D eigenvalue weighted by Gasteiger charge is -2.29. The third-order valence-electron chi connectivity index (χ3n) is 5.50. The number of halogens is 6. The minimum absolute atomic E-state index is 0.0337. The van der Waals surface area contributed by atoms with Crippen LogP contribution in [0.2, 0.25) is 0 Å². The molecule has 0 aliphatic heterocycles. The van der Waals surface area contributed by atoms with E-state index in [9.17, 15) is 26.3 Å². The Morgan fingerprint density at radius 1 is 0.781 bits per heavy atom. The highest BCUT2D eigenvalue weighted by Gasteiger charge is 2.32. The van der Waals surface area contributed by atoms with Gasteiger partial charge >= 0.3 is 12.4 Å². The normalized spacial score (nSPS) is 19.6. The van der Waals surface area contributed by atoms with Crippen LogP contribution in [0.25, 0.3) is 0 Å². The van der Waals surface area contributed by atoms with Crippen LogP contribution in [0.15, 0.2) is 42.5 Å². The largest absolute Gasteiger partial charge is 0.487 e. The van der Waals surface area contributed by atoms with Crippen LogP contribution in [-0.2, 0) is 23.5 Å². The quantitative estimate of drug-likeness (QED) is 0.331. The molecule has 1 fully saturated rings. The molecule has 0 amide bonds. The third kappa shape index (κ3) is 6.54. The number of methoxy groups -OCH3 is 1. The third-order valence-corrected chi connectivity index (χ3v) is 5.50. The summed E-state index contributed by atoms with van der Waals surface area (Å²) in [6, 6.07) is 8.30. The van der Waals surface area contributed by atoms with E-state index in [1.807, 2.05) is 0 Å². The predicted octanol–water partition coefficient (Wildman–Crippen LogP) is 6.89. The molecular formula is C23H24F6O3. The molecule has 2 aromatic carbocycles. The van der Waals surface area contributed by atoms with E-state index in [1.54, 1.807) is 0 Å². The Labute approximate surface area is 182 Å². The number of ether oxygens (including phenoxy) is 3. The molecule has 1 aliphatic rings. The van der Waals surface area contributed by atoms with Crippen LogP contribution in [0.4, 0.5) is 26.3 Å². The van der Waals surface area contributed by atoms with Crippen LogP contribution in [-0.4, -0.2) is 20.0 Å². The Balaban J connectivity index is 1.57. The smallest absolute Gasteiger partial charge is 0.416 e. The van der Waals surface area contributed by atoms with Crippen LogP contribution in [0, 0.1) is 5.92 Å². The molecule has 32 heavy (non-hydrogen) atoms. The SMILES string of the molecule is COCOc1cc(C(F)(F)F)ccc1OC1CCC(Cc2ccc(C(F)(F)F)cc2)CC1. The number of alkyl halides is 6. The van der Waals surface area contributed by atoms with E-state index in [4.69, 9.17) is 14.2 Å². The summed E-state index contributed by atoms with van der Waals surface area (Å²) in [5, 5.41) is 0. The first-order chi connectivity index (χ1) is 15.1. The van der Waals surface area contributed by atoms with Gasteiger partial charge in [0, 0.05) is 7.11 Å². The molecule has 0 atom stereocenters. The molecule has 0 spiro atoms. The second-order valence-electron chi connectivity index (χ2n) is 7.87. The Hall–Kier alpha value is -2.42. The van der Waals surface area contributed by atoms with Gasteiger partial charge in [0.1, 0.15) is 0 Å². The lowest BCUT2D eigenvalue weighted by Crippen LogP contribution is -2.25. The highest BCUT2D eigenvalue weighted by molar-refractivity contribution is 5.44. The monoisotopic (exact) mass is 462 g/mol. The summed E-state index contributed by atoms with van der Waals surface area (Å²) in [7, 11) is 1.37. The standard InChI is InChI=1S/C23H24F6O3/c1-30-14-31-21-13-18(23(27,28)29)8-11-20(21)32-19-9-4-16(5-10-19)12-15-2-6-17(7-3-15)22(24,25)26/h2-3,6-8,11,13,16,19H,4-5,9-10,12,14H2,1H3. The molecule has 0 N–H and O–H groups in total. The molecule has 9 heteroatoms. The van der Waals surface area contributed by atoms with E-state index in [0.717, 1.165) is 42.7 Å². The van der Waals surface area contributed by atoms with Crippen LogP contribution in [0.5, 0.6) is 11.5 Å². The van der Waals surface area contributed by atoms with Gasteiger partial charge in [-0.2, -0.15) is 26.3 Å². The lowest BCUT2D eigenvalue weighted by atomic mass is 9.83. The molecule has 1 aliphatic carbocycles. The number of hydrogen-bond donors (Lipinski definition) is 0. The molecule has 0 heterocycles. The van der Waals surface area contributed by atoms with Crippen molar-refractivity contribution in [1.29, 1.82) is 0 Å². The van der Waals surface area contributed by atoms with E-state index in [0.29, 0.717) is 25.2 Å². The van der Waals surface area contributed by atoms with Crippen LogP contribution in [0.1, 0.15) is 42.4 Å². The Morgan fingerprint density at radius 2 is 1.38 bits per heavy atom. The van der Waals surface area contributed by atoms with Gasteiger partial charge < -0.3 is 14.2 Å². The highest BCUT2D eigenvalue weighted by Crippen LogP contribution is 2.38. The molecule has 0 saturated heterocycles. The number of rotatable bonds is 7. The zero-order chi connectivity index (χ0) is 23.4. The van der Waals surface area contributed by atoms with Crippen molar-refractivity contribution in [2.75, 3.05) is 13.9 Å². The molecule has 3 rings (SSSR count). The average molecular weight is 462 g/mol. The summed E-state index contributed by atoms with van der Waals surface area (Å²) in [5.74, 6) is 0.498. The van der Waals surface area contributed by atoms with Crippen molar-refractivity contribution >= 4 is 0 Å². The molecule has 0 aromatic heterocycles. The van der Waals surface area contributed by atoms with Gasteiger partial charge in [0.15, 0.2) is 18.3 Å². The van der Waals surface area contributed by atoms with E-state index >= 15 is 0 Å². The Bertz CT molecular complexity index is 869. The van der Waals surface area contributed by atoms with Crippen LogP contribution >= 0.6 is 0 Å². The lowest BCUT2D eigenvalue weighted by molar-refractivity contribution is -0.138. The fourth-order valence-corrected chi connectivity index (χ4v) is 3.81. The fourth-order valence-electron chi connectivity index (χ4n) is 3.81. The maximum absolute atomic E-state index is 13.0. The van der Waals surface area contributed by atoms with Crippen LogP contribution in [0.3, 0.4) is 0 Å². The Morgan fingerprint density at radius 3 is 1.94 bits per heavy atom. The molecule has 1 saturated carbocycles. The summed E-state index contributed by atoms with van der Waals surface area (Å²) >= 11 is 0. The maximum atomic E-state index is 13.0. The van der Waals surface area contributed by atoms with Gasteiger partial charge in [-0.1, -0.05) is 12.1 Å². The number of hydrogen-bond acceptors (Lipinski definition) is 3. The topological polar surface area (TPSA) is 27.7 Å². The number of benzene rings is 2. The van der Waals surface area contributed by atoms with Crippen molar-refractivity contribution in [1.82, 2.24) is 0 Å². The van der Waals surface area contributed by atoms with Gasteiger partial charge in [0.05, 0.1) is 17.2 Å². The first-order valence-corrected chi connectivity index (χ1v) is 10.2. The summed E-state index contributed by atoms with van der Waals surface area (Å²) < 4.78 is 93.1. The highest BCUT2D eigenvalue weighted by atomic mass is 19.4. The van der Waals surface area contributed by atoms with Crippen molar-refractivity contribution in [2.24, 2.45) is 5.92 Å². The summed E-state index contributed by atoms with van der Waals surface area (Å²) in [6.45, 7) is -0.211. The van der Waals surface area contributed by atoms with Gasteiger partial charge in [-0.05, 0) is 73.9 Å². The van der Waals surface area contributed by atoms with E-state index in [-0.39, 0.29) is 24.4 Å². The molecular weight excluding hydrogens is 438 g/mol. The molecule has 2 aromatic rings. The predicted molar refractivity (Wildman–Crippen MR) is 105 cm³/mol. The fraction of sp³-hybridized carbons (Fsp3) is 0.478. The average Bonchev–Trinajstić information content (AvgIpc) is 2.73. The van der Waals surface area contributed by atoms with Crippen molar-refractivity contribution < 1.29 is 40.6 Å². The molecule has 3 nitrogen and oxygen atoms in total. The minimum atomic E-state index is -4.50. The van der Waals surface area contributed by atoms with Gasteiger partial charge in [0.25, 0.3) is 0 Å². The van der Waals surface area contributed by atoms with Crippen molar-refractivity contribution in [3.05, 3.63) is 59.2 Å². The van der Waals surface area contributed by atoms with Crippen molar-refractivity contribution in [2.45, 2.75) is 50.6 Å². The Kier molecular flexibility index (Phi) is 7.59. The molecule has 176 valence electrons. The van der Waals surface area contributed by atoms with E-state index < -0.39 is 23.5 Å². The van der Waals surface area contributed by atoms with Crippen LogP contribution < -0.4 is 9.47 Å². The van der Waals surface area contributed by atoms with E-state index in [2.05, 4.69) is 0 Å². The van der Waals surface area contributed by atoms with Gasteiger partial charge in [0.2, 0.25) is 0 Å². The molecule has 0 radical (unpaired) electrons. The first-order valence-electron chi connectivity index (χ1n) is 10.2. The second-order valence-corrected chi connectivity index (χ2v) is 7.87. The van der Waals surface area contributed by atoms with Crippen molar-refractivity contribution in [3.63, 3.8) is 0 Å². The van der Waals surface area contributed by atoms with Gasteiger partial charge in [-0.15, -0.1) is 0 Å². The zero-order valence-corrected chi connectivity index (χ0v) is 17.4. The van der Waals surface area contributed by atoms with Gasteiger partial charge in [-0.3, -0.25) is 0 Å². The zero-order valence-electron chi connectivity index (χ0n) is 17.4.